The molecule has 0 radical (unpaired) electrons. The molecule has 0 aliphatic rings. The van der Waals surface area contributed by atoms with Crippen molar-refractivity contribution in [2.75, 3.05) is 7.11 Å². The maximum absolute atomic E-state index is 5.28. The minimum Gasteiger partial charge on any atom is -0.378 e. The molecule has 1 N–H and O–H groups in total. The molecule has 0 fully saturated rings. The predicted octanol–water partition coefficient (Wildman–Crippen LogP) is 3.69. The lowest BCUT2D eigenvalue weighted by molar-refractivity contribution is 0.181. The van der Waals surface area contributed by atoms with E-state index >= 15 is 0 Å². The highest BCUT2D eigenvalue weighted by atomic mass is 32.1. The Morgan fingerprint density at radius 3 is 2.71 bits per heavy atom. The monoisotopic (exact) mass is 304 g/mol. The van der Waals surface area contributed by atoms with Crippen LogP contribution in [0.1, 0.15) is 40.6 Å². The lowest BCUT2D eigenvalue weighted by Gasteiger charge is -2.07. The molecular formula is C17H24N2OS. The number of ether oxygens (including phenoxy) is 1. The summed E-state index contributed by atoms with van der Waals surface area (Å²) in [4.78, 5) is 6.05. The Morgan fingerprint density at radius 2 is 2.05 bits per heavy atom. The van der Waals surface area contributed by atoms with E-state index in [4.69, 9.17) is 9.72 Å². The molecular weight excluding hydrogens is 280 g/mol. The van der Waals surface area contributed by atoms with Gasteiger partial charge < -0.3 is 10.1 Å². The third-order valence-corrected chi connectivity index (χ3v) is 4.48. The Morgan fingerprint density at radius 1 is 1.29 bits per heavy atom. The Hall–Kier alpha value is -1.23. The lowest BCUT2D eigenvalue weighted by atomic mass is 10.1. The number of aryl methyl sites for hydroxylation is 1. The Balaban J connectivity index is 2.16. The van der Waals surface area contributed by atoms with E-state index in [2.05, 4.69) is 50.4 Å². The van der Waals surface area contributed by atoms with E-state index < -0.39 is 0 Å². The molecule has 0 aliphatic carbocycles. The topological polar surface area (TPSA) is 34.1 Å². The van der Waals surface area contributed by atoms with Gasteiger partial charge in [0.1, 0.15) is 0 Å². The van der Waals surface area contributed by atoms with Crippen LogP contribution in [-0.2, 0) is 24.3 Å². The first kappa shape index (κ1) is 16.1. The molecule has 1 aromatic carbocycles. The van der Waals surface area contributed by atoms with Crippen LogP contribution in [0.3, 0.4) is 0 Å². The molecule has 3 nitrogen and oxygen atoms in total. The fourth-order valence-electron chi connectivity index (χ4n) is 2.17. The van der Waals surface area contributed by atoms with Crippen molar-refractivity contribution in [2.24, 2.45) is 0 Å². The van der Waals surface area contributed by atoms with Crippen molar-refractivity contribution >= 4 is 11.3 Å². The van der Waals surface area contributed by atoms with Crippen LogP contribution in [0.5, 0.6) is 0 Å². The van der Waals surface area contributed by atoms with Gasteiger partial charge in [-0.3, -0.25) is 0 Å². The summed E-state index contributed by atoms with van der Waals surface area (Å²) in [6.45, 7) is 7.91. The predicted molar refractivity (Wildman–Crippen MR) is 88.8 cm³/mol. The van der Waals surface area contributed by atoms with Crippen molar-refractivity contribution in [2.45, 2.75) is 46.4 Å². The number of hydrogen-bond donors (Lipinski definition) is 1. The molecule has 0 aliphatic heterocycles. The van der Waals surface area contributed by atoms with E-state index in [1.807, 2.05) is 0 Å². The number of benzene rings is 1. The minimum absolute atomic E-state index is 0.474. The van der Waals surface area contributed by atoms with Gasteiger partial charge in [-0.25, -0.2) is 4.98 Å². The van der Waals surface area contributed by atoms with E-state index in [1.54, 1.807) is 18.4 Å². The van der Waals surface area contributed by atoms with Crippen LogP contribution in [0, 0.1) is 6.92 Å². The van der Waals surface area contributed by atoms with Crippen molar-refractivity contribution in [3.8, 4) is 0 Å². The van der Waals surface area contributed by atoms with Crippen molar-refractivity contribution in [3.63, 3.8) is 0 Å². The first-order chi connectivity index (χ1) is 10.1. The molecule has 0 saturated heterocycles. The third-order valence-electron chi connectivity index (χ3n) is 3.38. The van der Waals surface area contributed by atoms with Crippen LogP contribution >= 0.6 is 11.3 Å². The zero-order chi connectivity index (χ0) is 15.2. The highest BCUT2D eigenvalue weighted by Gasteiger charge is 2.12. The van der Waals surface area contributed by atoms with E-state index in [9.17, 15) is 0 Å². The van der Waals surface area contributed by atoms with Crippen LogP contribution in [-0.4, -0.2) is 18.1 Å². The SMILES string of the molecule is COCc1nc(Cc2ccccc2C)sc1CNC(C)C. The van der Waals surface area contributed by atoms with Gasteiger partial charge in [-0.1, -0.05) is 38.1 Å². The highest BCUT2D eigenvalue weighted by Crippen LogP contribution is 2.23. The molecule has 0 atom stereocenters. The van der Waals surface area contributed by atoms with Crippen LogP contribution in [0.25, 0.3) is 0 Å². The van der Waals surface area contributed by atoms with E-state index in [-0.39, 0.29) is 0 Å². The molecule has 4 heteroatoms. The van der Waals surface area contributed by atoms with Gasteiger partial charge in [0, 0.05) is 31.0 Å². The first-order valence-electron chi connectivity index (χ1n) is 7.34. The van der Waals surface area contributed by atoms with Crippen LogP contribution in [0.15, 0.2) is 24.3 Å². The lowest BCUT2D eigenvalue weighted by Crippen LogP contribution is -2.21. The summed E-state index contributed by atoms with van der Waals surface area (Å²) in [6, 6.07) is 8.98. The van der Waals surface area contributed by atoms with Crippen molar-refractivity contribution < 1.29 is 4.74 Å². The molecule has 0 unspecified atom stereocenters. The molecule has 0 saturated carbocycles. The van der Waals surface area contributed by atoms with E-state index in [0.29, 0.717) is 12.6 Å². The number of nitrogens with one attached hydrogen (secondary N) is 1. The number of thiazole rings is 1. The number of methoxy groups -OCH3 is 1. The van der Waals surface area contributed by atoms with Crippen LogP contribution in [0.4, 0.5) is 0 Å². The highest BCUT2D eigenvalue weighted by molar-refractivity contribution is 7.11. The van der Waals surface area contributed by atoms with Crippen molar-refractivity contribution in [3.05, 3.63) is 51.0 Å². The summed E-state index contributed by atoms with van der Waals surface area (Å²) in [6.07, 6.45) is 0.899. The second kappa shape index (κ2) is 7.69. The summed E-state index contributed by atoms with van der Waals surface area (Å²) in [7, 11) is 1.72. The Bertz CT molecular complexity index is 578. The Kier molecular flexibility index (Phi) is 5.91. The number of aromatic nitrogens is 1. The molecule has 0 spiro atoms. The molecule has 2 aromatic rings. The van der Waals surface area contributed by atoms with Crippen LogP contribution < -0.4 is 5.32 Å². The van der Waals surface area contributed by atoms with E-state index in [0.717, 1.165) is 23.7 Å². The number of rotatable bonds is 7. The van der Waals surface area contributed by atoms with Crippen molar-refractivity contribution in [1.29, 1.82) is 0 Å². The third kappa shape index (κ3) is 4.63. The Labute approximate surface area is 131 Å². The minimum atomic E-state index is 0.474. The molecule has 1 heterocycles. The molecule has 21 heavy (non-hydrogen) atoms. The summed E-state index contributed by atoms with van der Waals surface area (Å²) in [5, 5.41) is 4.63. The standard InChI is InChI=1S/C17H24N2OS/c1-12(2)18-10-16-15(11-20-4)19-17(21-16)9-14-8-6-5-7-13(14)3/h5-8,12,18H,9-11H2,1-4H3. The first-order valence-corrected chi connectivity index (χ1v) is 8.16. The normalized spacial score (nSPS) is 11.3. The maximum Gasteiger partial charge on any atom is 0.0976 e. The molecule has 0 amide bonds. The summed E-state index contributed by atoms with van der Waals surface area (Å²) < 4.78 is 5.28. The fraction of sp³-hybridized carbons (Fsp3) is 0.471. The smallest absolute Gasteiger partial charge is 0.0976 e. The van der Waals surface area contributed by atoms with E-state index in [1.165, 1.54) is 16.0 Å². The zero-order valence-corrected chi connectivity index (χ0v) is 14.1. The zero-order valence-electron chi connectivity index (χ0n) is 13.3. The van der Waals surface area contributed by atoms with Gasteiger partial charge in [-0.2, -0.15) is 0 Å². The van der Waals surface area contributed by atoms with Gasteiger partial charge >= 0.3 is 0 Å². The molecule has 2 rings (SSSR count). The molecule has 114 valence electrons. The molecule has 0 bridgehead atoms. The summed E-state index contributed by atoms with van der Waals surface area (Å²) in [5.41, 5.74) is 3.74. The van der Waals surface area contributed by atoms with Gasteiger partial charge in [0.25, 0.3) is 0 Å². The summed E-state index contributed by atoms with van der Waals surface area (Å²) in [5.74, 6) is 0. The van der Waals surface area contributed by atoms with Gasteiger partial charge in [0.05, 0.1) is 17.3 Å². The summed E-state index contributed by atoms with van der Waals surface area (Å²) >= 11 is 1.79. The second-order valence-corrected chi connectivity index (χ2v) is 6.72. The number of nitrogens with zero attached hydrogens (tertiary/aromatic N) is 1. The average Bonchev–Trinajstić information content (AvgIpc) is 2.81. The quantitative estimate of drug-likeness (QED) is 0.847. The van der Waals surface area contributed by atoms with Gasteiger partial charge in [-0.05, 0) is 18.1 Å². The second-order valence-electron chi connectivity index (χ2n) is 5.55. The van der Waals surface area contributed by atoms with Crippen LogP contribution in [0.2, 0.25) is 0 Å². The average molecular weight is 304 g/mol. The van der Waals surface area contributed by atoms with Gasteiger partial charge in [0.15, 0.2) is 0 Å². The maximum atomic E-state index is 5.28. The van der Waals surface area contributed by atoms with Crippen molar-refractivity contribution in [1.82, 2.24) is 10.3 Å². The molecule has 1 aromatic heterocycles. The number of hydrogen-bond acceptors (Lipinski definition) is 4. The van der Waals surface area contributed by atoms with Gasteiger partial charge in [0.2, 0.25) is 0 Å². The fourth-order valence-corrected chi connectivity index (χ4v) is 3.21. The van der Waals surface area contributed by atoms with Gasteiger partial charge in [-0.15, -0.1) is 11.3 Å². The largest absolute Gasteiger partial charge is 0.378 e.